The maximum Gasteiger partial charge on any atom is 0.180 e. The first kappa shape index (κ1) is 11.0. The summed E-state index contributed by atoms with van der Waals surface area (Å²) in [5.74, 6) is 0.454. The molecule has 1 aliphatic carbocycles. The molecule has 1 unspecified atom stereocenters. The van der Waals surface area contributed by atoms with Crippen LogP contribution in [-0.2, 0) is 4.79 Å². The highest BCUT2D eigenvalue weighted by Crippen LogP contribution is 2.13. The zero-order valence-electron chi connectivity index (χ0n) is 9.05. The van der Waals surface area contributed by atoms with Crippen LogP contribution in [-0.4, -0.2) is 12.3 Å². The molecule has 78 valence electrons. The summed E-state index contributed by atoms with van der Waals surface area (Å²) >= 11 is 0. The summed E-state index contributed by atoms with van der Waals surface area (Å²) in [5.41, 5.74) is 1.06. The zero-order valence-corrected chi connectivity index (χ0v) is 9.05. The molecule has 0 aliphatic heterocycles. The van der Waals surface area contributed by atoms with Gasteiger partial charge >= 0.3 is 0 Å². The highest BCUT2D eigenvalue weighted by atomic mass is 16.1. The number of carbonyl (C=O) groups excluding carboxylic acids is 1. The van der Waals surface area contributed by atoms with Gasteiger partial charge in [-0.25, -0.2) is 0 Å². The lowest BCUT2D eigenvalue weighted by atomic mass is 10.0. The van der Waals surface area contributed by atoms with E-state index in [4.69, 9.17) is 0 Å². The van der Waals surface area contributed by atoms with Crippen molar-refractivity contribution in [3.05, 3.63) is 23.9 Å². The minimum absolute atomic E-state index is 0.0982. The van der Waals surface area contributed by atoms with E-state index in [1.807, 2.05) is 6.08 Å². The normalized spacial score (nSPS) is 20.9. The Morgan fingerprint density at radius 1 is 1.43 bits per heavy atom. The van der Waals surface area contributed by atoms with Crippen molar-refractivity contribution in [1.82, 2.24) is 5.32 Å². The predicted molar refractivity (Wildman–Crippen MR) is 58.9 cm³/mol. The third kappa shape index (κ3) is 3.36. The van der Waals surface area contributed by atoms with Gasteiger partial charge in [0.1, 0.15) is 0 Å². The van der Waals surface area contributed by atoms with Crippen LogP contribution in [0.25, 0.3) is 0 Å². The molecule has 0 bridgehead atoms. The first-order valence-corrected chi connectivity index (χ1v) is 5.41. The molecule has 2 nitrogen and oxygen atoms in total. The standard InChI is InChI=1S/C12H19NO/c1-3-4-5-8-13-12-9-11(14)7-6-10(12)2/h6-7,9-10,13H,3-5,8H2,1-2H3. The van der Waals surface area contributed by atoms with Gasteiger partial charge in [-0.3, -0.25) is 4.79 Å². The molecule has 0 radical (unpaired) electrons. The van der Waals surface area contributed by atoms with Crippen molar-refractivity contribution >= 4 is 5.78 Å². The summed E-state index contributed by atoms with van der Waals surface area (Å²) in [5, 5.41) is 3.33. The summed E-state index contributed by atoms with van der Waals surface area (Å²) in [6, 6.07) is 0. The molecule has 0 saturated carbocycles. The van der Waals surface area contributed by atoms with Crippen LogP contribution < -0.4 is 5.32 Å². The number of allylic oxidation sites excluding steroid dienone is 3. The molecule has 1 N–H and O–H groups in total. The van der Waals surface area contributed by atoms with Gasteiger partial charge in [0.25, 0.3) is 0 Å². The highest BCUT2D eigenvalue weighted by molar-refractivity contribution is 6.00. The van der Waals surface area contributed by atoms with Crippen LogP contribution >= 0.6 is 0 Å². The van der Waals surface area contributed by atoms with E-state index < -0.39 is 0 Å². The molecule has 14 heavy (non-hydrogen) atoms. The molecule has 2 heteroatoms. The Kier molecular flexibility index (Phi) is 4.44. The van der Waals surface area contributed by atoms with Crippen LogP contribution in [0.3, 0.4) is 0 Å². The van der Waals surface area contributed by atoms with Crippen LogP contribution in [0, 0.1) is 5.92 Å². The Balaban J connectivity index is 2.32. The van der Waals surface area contributed by atoms with Crippen LogP contribution in [0.2, 0.25) is 0 Å². The molecule has 0 aromatic heterocycles. The average Bonchev–Trinajstić information content (AvgIpc) is 2.18. The van der Waals surface area contributed by atoms with E-state index in [0.29, 0.717) is 5.92 Å². The van der Waals surface area contributed by atoms with Crippen molar-refractivity contribution in [3.63, 3.8) is 0 Å². The van der Waals surface area contributed by atoms with Crippen LogP contribution in [0.1, 0.15) is 33.1 Å². The van der Waals surface area contributed by atoms with E-state index in [2.05, 4.69) is 19.2 Å². The predicted octanol–water partition coefficient (Wildman–Crippen LogP) is 2.43. The van der Waals surface area contributed by atoms with E-state index in [0.717, 1.165) is 12.2 Å². The maximum absolute atomic E-state index is 11.1. The fraction of sp³-hybridized carbons (Fsp3) is 0.583. The zero-order chi connectivity index (χ0) is 10.4. The van der Waals surface area contributed by atoms with E-state index >= 15 is 0 Å². The molecular weight excluding hydrogens is 174 g/mol. The molecule has 0 amide bonds. The number of hydrogen-bond donors (Lipinski definition) is 1. The van der Waals surface area contributed by atoms with Crippen LogP contribution in [0.4, 0.5) is 0 Å². The Hall–Kier alpha value is -1.05. The van der Waals surface area contributed by atoms with Crippen molar-refractivity contribution in [2.24, 2.45) is 5.92 Å². The number of ketones is 1. The average molecular weight is 193 g/mol. The highest BCUT2D eigenvalue weighted by Gasteiger charge is 2.10. The fourth-order valence-corrected chi connectivity index (χ4v) is 1.50. The lowest BCUT2D eigenvalue weighted by Crippen LogP contribution is -2.22. The van der Waals surface area contributed by atoms with Gasteiger partial charge in [-0.2, -0.15) is 0 Å². The molecule has 0 heterocycles. The number of carbonyl (C=O) groups is 1. The fourth-order valence-electron chi connectivity index (χ4n) is 1.50. The van der Waals surface area contributed by atoms with E-state index in [1.165, 1.54) is 19.3 Å². The van der Waals surface area contributed by atoms with Gasteiger partial charge in [0.05, 0.1) is 0 Å². The van der Waals surface area contributed by atoms with Gasteiger partial charge in [0.15, 0.2) is 5.78 Å². The molecule has 0 aromatic carbocycles. The second-order valence-electron chi connectivity index (χ2n) is 3.78. The van der Waals surface area contributed by atoms with E-state index in [-0.39, 0.29) is 5.78 Å². The smallest absolute Gasteiger partial charge is 0.180 e. The first-order valence-electron chi connectivity index (χ1n) is 5.41. The topological polar surface area (TPSA) is 29.1 Å². The molecule has 0 fully saturated rings. The molecule has 1 rings (SSSR count). The summed E-state index contributed by atoms with van der Waals surface area (Å²) in [4.78, 5) is 11.1. The van der Waals surface area contributed by atoms with Crippen molar-refractivity contribution in [2.45, 2.75) is 33.1 Å². The van der Waals surface area contributed by atoms with E-state index in [9.17, 15) is 4.79 Å². The monoisotopic (exact) mass is 193 g/mol. The summed E-state index contributed by atoms with van der Waals surface area (Å²) in [6.07, 6.45) is 8.95. The van der Waals surface area contributed by atoms with Crippen molar-refractivity contribution in [3.8, 4) is 0 Å². The third-order valence-corrected chi connectivity index (χ3v) is 2.45. The molecular formula is C12H19NO. The van der Waals surface area contributed by atoms with Crippen LogP contribution in [0.5, 0.6) is 0 Å². The Morgan fingerprint density at radius 2 is 2.21 bits per heavy atom. The number of rotatable bonds is 5. The van der Waals surface area contributed by atoms with Gasteiger partial charge in [-0.05, 0) is 12.5 Å². The first-order chi connectivity index (χ1) is 6.74. The van der Waals surface area contributed by atoms with E-state index in [1.54, 1.807) is 12.2 Å². The minimum Gasteiger partial charge on any atom is -0.388 e. The quantitative estimate of drug-likeness (QED) is 0.679. The second-order valence-corrected chi connectivity index (χ2v) is 3.78. The Morgan fingerprint density at radius 3 is 2.93 bits per heavy atom. The Labute approximate surface area is 86.1 Å². The van der Waals surface area contributed by atoms with Gasteiger partial charge in [-0.1, -0.05) is 32.8 Å². The van der Waals surface area contributed by atoms with Crippen molar-refractivity contribution in [2.75, 3.05) is 6.54 Å². The Bertz CT molecular complexity index is 253. The number of hydrogen-bond acceptors (Lipinski definition) is 2. The van der Waals surface area contributed by atoms with Gasteiger partial charge in [0, 0.05) is 24.2 Å². The maximum atomic E-state index is 11.1. The largest absolute Gasteiger partial charge is 0.388 e. The second kappa shape index (κ2) is 5.63. The molecule has 1 aliphatic rings. The summed E-state index contributed by atoms with van der Waals surface area (Å²) < 4.78 is 0. The molecule has 1 atom stereocenters. The molecule has 0 spiro atoms. The minimum atomic E-state index is 0.0982. The summed E-state index contributed by atoms with van der Waals surface area (Å²) in [6.45, 7) is 5.27. The summed E-state index contributed by atoms with van der Waals surface area (Å²) in [7, 11) is 0. The molecule has 0 aromatic rings. The van der Waals surface area contributed by atoms with Crippen molar-refractivity contribution in [1.29, 1.82) is 0 Å². The number of nitrogens with one attached hydrogen (secondary N) is 1. The van der Waals surface area contributed by atoms with Gasteiger partial charge in [-0.15, -0.1) is 0 Å². The SMILES string of the molecule is CCCCCNC1=CC(=O)C=CC1C. The van der Waals surface area contributed by atoms with Gasteiger partial charge in [0.2, 0.25) is 0 Å². The molecule has 0 saturated heterocycles. The van der Waals surface area contributed by atoms with Crippen molar-refractivity contribution < 1.29 is 4.79 Å². The van der Waals surface area contributed by atoms with Crippen LogP contribution in [0.15, 0.2) is 23.9 Å². The lowest BCUT2D eigenvalue weighted by molar-refractivity contribution is -0.110. The van der Waals surface area contributed by atoms with Gasteiger partial charge < -0.3 is 5.32 Å². The third-order valence-electron chi connectivity index (χ3n) is 2.45. The number of unbranched alkanes of at least 4 members (excludes halogenated alkanes) is 2. The lowest BCUT2D eigenvalue weighted by Gasteiger charge is -2.17.